The zero-order valence-electron chi connectivity index (χ0n) is 13.6. The van der Waals surface area contributed by atoms with E-state index in [1.807, 2.05) is 0 Å². The Hall–Kier alpha value is -0.860. The van der Waals surface area contributed by atoms with Gasteiger partial charge in [-0.25, -0.2) is 0 Å². The monoisotopic (exact) mass is 277 g/mol. The summed E-state index contributed by atoms with van der Waals surface area (Å²) in [5, 5.41) is 3.66. The Morgan fingerprint density at radius 2 is 1.70 bits per heavy atom. The van der Waals surface area contributed by atoms with Gasteiger partial charge in [-0.15, -0.1) is 0 Å². The molecule has 0 aromatic heterocycles. The summed E-state index contributed by atoms with van der Waals surface area (Å²) < 4.78 is 5.45. The third-order valence-electron chi connectivity index (χ3n) is 3.63. The van der Waals surface area contributed by atoms with Crippen LogP contribution in [0.4, 0.5) is 0 Å². The van der Waals surface area contributed by atoms with Crippen LogP contribution in [0.15, 0.2) is 24.3 Å². The summed E-state index contributed by atoms with van der Waals surface area (Å²) in [6.07, 6.45) is 3.42. The minimum absolute atomic E-state index is 0.455. The molecule has 1 unspecified atom stereocenters. The quantitative estimate of drug-likeness (QED) is 0.628. The van der Waals surface area contributed by atoms with E-state index in [0.717, 1.165) is 32.6 Å². The Labute approximate surface area is 124 Å². The van der Waals surface area contributed by atoms with Crippen LogP contribution in [0.5, 0.6) is 0 Å². The van der Waals surface area contributed by atoms with Gasteiger partial charge in [0.2, 0.25) is 0 Å². The molecule has 0 bridgehead atoms. The van der Waals surface area contributed by atoms with Crippen molar-refractivity contribution in [3.8, 4) is 0 Å². The molecule has 0 heterocycles. The summed E-state index contributed by atoms with van der Waals surface area (Å²) in [6, 6.07) is 9.55. The number of hydrogen-bond acceptors (Lipinski definition) is 2. The molecule has 0 aliphatic carbocycles. The Kier molecular flexibility index (Phi) is 8.56. The molecule has 1 aromatic rings. The van der Waals surface area contributed by atoms with Crippen molar-refractivity contribution in [3.63, 3.8) is 0 Å². The smallest absolute Gasteiger partial charge is 0.0466 e. The van der Waals surface area contributed by atoms with E-state index in [-0.39, 0.29) is 0 Å². The van der Waals surface area contributed by atoms with E-state index in [2.05, 4.69) is 57.3 Å². The summed E-state index contributed by atoms with van der Waals surface area (Å²) >= 11 is 0. The molecule has 0 aliphatic rings. The first-order valence-electron chi connectivity index (χ1n) is 8.10. The van der Waals surface area contributed by atoms with Gasteiger partial charge in [0.1, 0.15) is 0 Å². The molecular formula is C18H31NO. The lowest BCUT2D eigenvalue weighted by Gasteiger charge is -2.20. The lowest BCUT2D eigenvalue weighted by molar-refractivity contribution is 0.141. The van der Waals surface area contributed by atoms with Gasteiger partial charge < -0.3 is 10.1 Å². The minimum Gasteiger partial charge on any atom is -0.382 e. The van der Waals surface area contributed by atoms with Crippen LogP contribution in [-0.4, -0.2) is 19.8 Å². The van der Waals surface area contributed by atoms with Crippen LogP contribution in [-0.2, 0) is 4.74 Å². The van der Waals surface area contributed by atoms with Crippen molar-refractivity contribution in [3.05, 3.63) is 35.4 Å². The van der Waals surface area contributed by atoms with Crippen LogP contribution in [0.25, 0.3) is 0 Å². The summed E-state index contributed by atoms with van der Waals surface area (Å²) in [7, 11) is 0. The zero-order valence-corrected chi connectivity index (χ0v) is 13.6. The number of hydrogen-bond donors (Lipinski definition) is 1. The molecule has 114 valence electrons. The van der Waals surface area contributed by atoms with E-state index < -0.39 is 0 Å². The maximum atomic E-state index is 5.45. The van der Waals surface area contributed by atoms with E-state index in [1.165, 1.54) is 17.5 Å². The SMILES string of the molecule is CCCNC(CCCOCC)c1ccc(C(C)C)cc1. The average Bonchev–Trinajstić information content (AvgIpc) is 2.47. The van der Waals surface area contributed by atoms with Crippen molar-refractivity contribution in [2.75, 3.05) is 19.8 Å². The molecule has 0 fully saturated rings. The lowest BCUT2D eigenvalue weighted by Crippen LogP contribution is -2.22. The Morgan fingerprint density at radius 3 is 2.25 bits per heavy atom. The summed E-state index contributed by atoms with van der Waals surface area (Å²) in [5.74, 6) is 0.601. The molecule has 0 saturated carbocycles. The van der Waals surface area contributed by atoms with Gasteiger partial charge >= 0.3 is 0 Å². The third kappa shape index (κ3) is 6.06. The van der Waals surface area contributed by atoms with Crippen molar-refractivity contribution in [1.82, 2.24) is 5.32 Å². The van der Waals surface area contributed by atoms with Crippen LogP contribution in [0, 0.1) is 0 Å². The molecule has 1 atom stereocenters. The van der Waals surface area contributed by atoms with Gasteiger partial charge in [0.05, 0.1) is 0 Å². The van der Waals surface area contributed by atoms with Crippen molar-refractivity contribution in [2.24, 2.45) is 0 Å². The van der Waals surface area contributed by atoms with Crippen LogP contribution < -0.4 is 5.32 Å². The van der Waals surface area contributed by atoms with Gasteiger partial charge in [0.25, 0.3) is 0 Å². The van der Waals surface area contributed by atoms with Gasteiger partial charge in [-0.1, -0.05) is 45.0 Å². The Balaban J connectivity index is 2.60. The van der Waals surface area contributed by atoms with E-state index in [1.54, 1.807) is 0 Å². The van der Waals surface area contributed by atoms with Gasteiger partial charge in [-0.2, -0.15) is 0 Å². The lowest BCUT2D eigenvalue weighted by atomic mass is 9.97. The first kappa shape index (κ1) is 17.2. The molecule has 0 saturated heterocycles. The molecule has 1 N–H and O–H groups in total. The number of benzene rings is 1. The normalized spacial score (nSPS) is 12.8. The molecule has 2 nitrogen and oxygen atoms in total. The summed E-state index contributed by atoms with van der Waals surface area (Å²) in [6.45, 7) is 11.5. The van der Waals surface area contributed by atoms with Gasteiger partial charge in [-0.05, 0) is 49.8 Å². The second kappa shape index (κ2) is 9.95. The predicted octanol–water partition coefficient (Wildman–Crippen LogP) is 4.67. The molecule has 0 amide bonds. The number of ether oxygens (including phenoxy) is 1. The maximum Gasteiger partial charge on any atom is 0.0466 e. The highest BCUT2D eigenvalue weighted by Gasteiger charge is 2.10. The predicted molar refractivity (Wildman–Crippen MR) is 87.3 cm³/mol. The second-order valence-corrected chi connectivity index (χ2v) is 5.67. The van der Waals surface area contributed by atoms with Crippen molar-refractivity contribution in [2.45, 2.75) is 58.9 Å². The number of rotatable bonds is 10. The standard InChI is InChI=1S/C18H31NO/c1-5-13-19-18(8-7-14-20-6-2)17-11-9-16(10-12-17)15(3)4/h9-12,15,18-19H,5-8,13-14H2,1-4H3. The maximum absolute atomic E-state index is 5.45. The molecular weight excluding hydrogens is 246 g/mol. The van der Waals surface area contributed by atoms with Gasteiger partial charge in [-0.3, -0.25) is 0 Å². The van der Waals surface area contributed by atoms with Gasteiger partial charge in [0, 0.05) is 19.3 Å². The summed E-state index contributed by atoms with van der Waals surface area (Å²) in [4.78, 5) is 0. The van der Waals surface area contributed by atoms with Gasteiger partial charge in [0.15, 0.2) is 0 Å². The molecule has 0 spiro atoms. The van der Waals surface area contributed by atoms with Crippen LogP contribution in [0.3, 0.4) is 0 Å². The minimum atomic E-state index is 0.455. The van der Waals surface area contributed by atoms with Crippen LogP contribution in [0.2, 0.25) is 0 Å². The van der Waals surface area contributed by atoms with E-state index in [0.29, 0.717) is 12.0 Å². The summed E-state index contributed by atoms with van der Waals surface area (Å²) in [5.41, 5.74) is 2.82. The second-order valence-electron chi connectivity index (χ2n) is 5.67. The fraction of sp³-hybridized carbons (Fsp3) is 0.667. The van der Waals surface area contributed by atoms with Crippen molar-refractivity contribution in [1.29, 1.82) is 0 Å². The van der Waals surface area contributed by atoms with E-state index in [9.17, 15) is 0 Å². The first-order chi connectivity index (χ1) is 9.69. The largest absolute Gasteiger partial charge is 0.382 e. The fourth-order valence-corrected chi connectivity index (χ4v) is 2.35. The average molecular weight is 277 g/mol. The Bertz CT molecular complexity index is 345. The molecule has 2 heteroatoms. The number of nitrogens with one attached hydrogen (secondary N) is 1. The molecule has 0 aliphatic heterocycles. The van der Waals surface area contributed by atoms with Crippen LogP contribution >= 0.6 is 0 Å². The third-order valence-corrected chi connectivity index (χ3v) is 3.63. The Morgan fingerprint density at radius 1 is 1.05 bits per heavy atom. The highest BCUT2D eigenvalue weighted by atomic mass is 16.5. The molecule has 1 aromatic carbocycles. The molecule has 20 heavy (non-hydrogen) atoms. The highest BCUT2D eigenvalue weighted by Crippen LogP contribution is 2.22. The van der Waals surface area contributed by atoms with Crippen molar-refractivity contribution < 1.29 is 4.74 Å². The molecule has 1 rings (SSSR count). The topological polar surface area (TPSA) is 21.3 Å². The highest BCUT2D eigenvalue weighted by molar-refractivity contribution is 5.26. The zero-order chi connectivity index (χ0) is 14.8. The van der Waals surface area contributed by atoms with Crippen LogP contribution in [0.1, 0.15) is 70.0 Å². The van der Waals surface area contributed by atoms with E-state index in [4.69, 9.17) is 4.74 Å². The van der Waals surface area contributed by atoms with E-state index >= 15 is 0 Å². The van der Waals surface area contributed by atoms with Crippen molar-refractivity contribution >= 4 is 0 Å². The fourth-order valence-electron chi connectivity index (χ4n) is 2.35. The molecule has 0 radical (unpaired) electrons. The first-order valence-corrected chi connectivity index (χ1v) is 8.10.